The molecule has 0 bridgehead atoms. The van der Waals surface area contributed by atoms with E-state index in [1.807, 2.05) is 19.1 Å². The van der Waals surface area contributed by atoms with Gasteiger partial charge < -0.3 is 14.4 Å². The van der Waals surface area contributed by atoms with Gasteiger partial charge in [0, 0.05) is 26.4 Å². The van der Waals surface area contributed by atoms with Crippen LogP contribution in [-0.2, 0) is 16.0 Å². The van der Waals surface area contributed by atoms with Crippen molar-refractivity contribution in [3.05, 3.63) is 23.7 Å². The number of carboxylic acid groups (broad SMARTS) is 1. The molecule has 1 N–H and O–H groups in total. The average molecular weight is 253 g/mol. The van der Waals surface area contributed by atoms with Gasteiger partial charge >= 0.3 is 5.97 Å². The number of carboxylic acids is 1. The summed E-state index contributed by atoms with van der Waals surface area (Å²) in [6.07, 6.45) is 0.667. The summed E-state index contributed by atoms with van der Waals surface area (Å²) < 4.78 is 5.40. The second-order valence-electron chi connectivity index (χ2n) is 4.52. The van der Waals surface area contributed by atoms with Gasteiger partial charge in [0.25, 0.3) is 0 Å². The lowest BCUT2D eigenvalue weighted by Gasteiger charge is -2.17. The van der Waals surface area contributed by atoms with Crippen molar-refractivity contribution in [2.45, 2.75) is 26.7 Å². The predicted molar refractivity (Wildman–Crippen MR) is 66.2 cm³/mol. The summed E-state index contributed by atoms with van der Waals surface area (Å²) in [6.45, 7) is 3.93. The van der Waals surface area contributed by atoms with E-state index in [1.54, 1.807) is 7.05 Å². The van der Waals surface area contributed by atoms with Crippen LogP contribution in [0.15, 0.2) is 16.5 Å². The smallest absolute Gasteiger partial charge is 0.306 e. The first-order valence-electron chi connectivity index (χ1n) is 5.92. The molecule has 100 valence electrons. The molecule has 1 rings (SSSR count). The summed E-state index contributed by atoms with van der Waals surface area (Å²) in [6, 6.07) is 3.76. The van der Waals surface area contributed by atoms with Crippen LogP contribution in [0.5, 0.6) is 0 Å². The molecular weight excluding hydrogens is 234 g/mol. The first-order chi connectivity index (χ1) is 8.40. The first kappa shape index (κ1) is 14.3. The molecule has 0 aliphatic heterocycles. The minimum atomic E-state index is -0.946. The van der Waals surface area contributed by atoms with Gasteiger partial charge in [0.2, 0.25) is 5.91 Å². The van der Waals surface area contributed by atoms with Crippen LogP contribution in [0.3, 0.4) is 0 Å². The standard InChI is InChI=1S/C13H19NO4/c1-9(13(16)17)8-12(15)14(3)7-6-11-5-4-10(2)18-11/h4-5,9H,6-8H2,1-3H3,(H,16,17). The second-order valence-corrected chi connectivity index (χ2v) is 4.52. The van der Waals surface area contributed by atoms with E-state index >= 15 is 0 Å². The van der Waals surface area contributed by atoms with Gasteiger partial charge in [-0.15, -0.1) is 0 Å². The Labute approximate surface area is 106 Å². The number of carbonyl (C=O) groups is 2. The number of rotatable bonds is 6. The Kier molecular flexibility index (Phi) is 4.95. The van der Waals surface area contributed by atoms with Gasteiger partial charge in [0.15, 0.2) is 0 Å². The van der Waals surface area contributed by atoms with Crippen molar-refractivity contribution < 1.29 is 19.1 Å². The van der Waals surface area contributed by atoms with E-state index < -0.39 is 11.9 Å². The lowest BCUT2D eigenvalue weighted by Crippen LogP contribution is -2.31. The lowest BCUT2D eigenvalue weighted by atomic mass is 10.1. The molecule has 0 aliphatic rings. The third-order valence-corrected chi connectivity index (χ3v) is 2.82. The Hall–Kier alpha value is -1.78. The van der Waals surface area contributed by atoms with Crippen molar-refractivity contribution in [3.63, 3.8) is 0 Å². The molecule has 1 aromatic rings. The number of amides is 1. The molecule has 1 atom stereocenters. The molecule has 0 aliphatic carbocycles. The van der Waals surface area contributed by atoms with Gasteiger partial charge in [-0.3, -0.25) is 9.59 Å². The molecule has 0 radical (unpaired) electrons. The number of carbonyl (C=O) groups excluding carboxylic acids is 1. The maximum Gasteiger partial charge on any atom is 0.306 e. The van der Waals surface area contributed by atoms with Crippen molar-refractivity contribution in [2.24, 2.45) is 5.92 Å². The highest BCUT2D eigenvalue weighted by atomic mass is 16.4. The fourth-order valence-electron chi connectivity index (χ4n) is 1.53. The third-order valence-electron chi connectivity index (χ3n) is 2.82. The molecule has 5 nitrogen and oxygen atoms in total. The highest BCUT2D eigenvalue weighted by molar-refractivity contribution is 5.81. The zero-order chi connectivity index (χ0) is 13.7. The van der Waals surface area contributed by atoms with Crippen LogP contribution in [0.25, 0.3) is 0 Å². The van der Waals surface area contributed by atoms with Crippen molar-refractivity contribution in [1.82, 2.24) is 4.90 Å². The Balaban J connectivity index is 2.38. The number of nitrogens with zero attached hydrogens (tertiary/aromatic N) is 1. The maximum absolute atomic E-state index is 11.7. The summed E-state index contributed by atoms with van der Waals surface area (Å²) >= 11 is 0. The molecule has 1 heterocycles. The van der Waals surface area contributed by atoms with E-state index in [2.05, 4.69) is 0 Å². The van der Waals surface area contributed by atoms with Crippen LogP contribution in [0.4, 0.5) is 0 Å². The Morgan fingerprint density at radius 1 is 1.44 bits per heavy atom. The fourth-order valence-corrected chi connectivity index (χ4v) is 1.53. The molecule has 0 spiro atoms. The average Bonchev–Trinajstić information content (AvgIpc) is 2.71. The van der Waals surface area contributed by atoms with Crippen molar-refractivity contribution in [3.8, 4) is 0 Å². The number of furan rings is 1. The van der Waals surface area contributed by atoms with E-state index in [9.17, 15) is 9.59 Å². The summed E-state index contributed by atoms with van der Waals surface area (Å²) in [5.74, 6) is -0.0747. The zero-order valence-electron chi connectivity index (χ0n) is 11.0. The quantitative estimate of drug-likeness (QED) is 0.837. The van der Waals surface area contributed by atoms with Crippen LogP contribution in [-0.4, -0.2) is 35.5 Å². The van der Waals surface area contributed by atoms with Gasteiger partial charge in [0.05, 0.1) is 5.92 Å². The van der Waals surface area contributed by atoms with Gasteiger partial charge in [-0.25, -0.2) is 0 Å². The number of aliphatic carboxylic acids is 1. The largest absolute Gasteiger partial charge is 0.481 e. The molecule has 5 heteroatoms. The Bertz CT molecular complexity index is 424. The summed E-state index contributed by atoms with van der Waals surface area (Å²) in [5, 5.41) is 8.74. The molecular formula is C13H19NO4. The summed E-state index contributed by atoms with van der Waals surface area (Å²) in [5.41, 5.74) is 0. The minimum absolute atomic E-state index is 0.0308. The molecule has 0 saturated carbocycles. The van der Waals surface area contributed by atoms with Gasteiger partial charge in [0.1, 0.15) is 11.5 Å². The summed E-state index contributed by atoms with van der Waals surface area (Å²) in [4.78, 5) is 23.9. The van der Waals surface area contributed by atoms with E-state index in [1.165, 1.54) is 11.8 Å². The van der Waals surface area contributed by atoms with Gasteiger partial charge in [-0.1, -0.05) is 6.92 Å². The number of aryl methyl sites for hydroxylation is 1. The number of hydrogen-bond acceptors (Lipinski definition) is 3. The van der Waals surface area contributed by atoms with Crippen LogP contribution < -0.4 is 0 Å². The van der Waals surface area contributed by atoms with Crippen LogP contribution in [0.1, 0.15) is 24.9 Å². The van der Waals surface area contributed by atoms with Crippen molar-refractivity contribution in [2.75, 3.05) is 13.6 Å². The second kappa shape index (κ2) is 6.23. The predicted octanol–water partition coefficient (Wildman–Crippen LogP) is 1.70. The van der Waals surface area contributed by atoms with E-state index in [-0.39, 0.29) is 12.3 Å². The van der Waals surface area contributed by atoms with Crippen molar-refractivity contribution >= 4 is 11.9 Å². The monoisotopic (exact) mass is 253 g/mol. The summed E-state index contributed by atoms with van der Waals surface area (Å²) in [7, 11) is 1.67. The highest BCUT2D eigenvalue weighted by Gasteiger charge is 2.18. The number of likely N-dealkylation sites (N-methyl/N-ethyl adjacent to an activating group) is 1. The molecule has 0 aromatic carbocycles. The molecule has 0 fully saturated rings. The zero-order valence-corrected chi connectivity index (χ0v) is 11.0. The third kappa shape index (κ3) is 4.24. The van der Waals surface area contributed by atoms with Crippen LogP contribution >= 0.6 is 0 Å². The van der Waals surface area contributed by atoms with E-state index in [0.717, 1.165) is 11.5 Å². The number of hydrogen-bond donors (Lipinski definition) is 1. The Morgan fingerprint density at radius 2 is 2.11 bits per heavy atom. The van der Waals surface area contributed by atoms with Gasteiger partial charge in [-0.2, -0.15) is 0 Å². The first-order valence-corrected chi connectivity index (χ1v) is 5.92. The molecule has 1 amide bonds. The van der Waals surface area contributed by atoms with E-state index in [4.69, 9.17) is 9.52 Å². The molecule has 1 unspecified atom stereocenters. The lowest BCUT2D eigenvalue weighted by molar-refractivity contribution is -0.145. The topological polar surface area (TPSA) is 70.8 Å². The van der Waals surface area contributed by atoms with Crippen LogP contribution in [0.2, 0.25) is 0 Å². The highest BCUT2D eigenvalue weighted by Crippen LogP contribution is 2.09. The molecule has 0 saturated heterocycles. The normalized spacial score (nSPS) is 12.2. The molecule has 1 aromatic heterocycles. The SMILES string of the molecule is Cc1ccc(CCN(C)C(=O)CC(C)C(=O)O)o1. The Morgan fingerprint density at radius 3 is 2.61 bits per heavy atom. The minimum Gasteiger partial charge on any atom is -0.481 e. The maximum atomic E-state index is 11.7. The van der Waals surface area contributed by atoms with Crippen molar-refractivity contribution in [1.29, 1.82) is 0 Å². The molecule has 18 heavy (non-hydrogen) atoms. The van der Waals surface area contributed by atoms with Gasteiger partial charge in [-0.05, 0) is 19.1 Å². The fraction of sp³-hybridized carbons (Fsp3) is 0.538. The van der Waals surface area contributed by atoms with Crippen LogP contribution in [0, 0.1) is 12.8 Å². The van der Waals surface area contributed by atoms with E-state index in [0.29, 0.717) is 13.0 Å².